The number of hydrogen-bond donors (Lipinski definition) is 1. The molecule has 1 aliphatic heterocycles. The van der Waals surface area contributed by atoms with Crippen molar-refractivity contribution < 1.29 is 9.59 Å². The molecule has 1 saturated carbocycles. The fourth-order valence-corrected chi connectivity index (χ4v) is 3.90. The predicted octanol–water partition coefficient (Wildman–Crippen LogP) is 2.25. The van der Waals surface area contributed by atoms with Crippen LogP contribution in [0.4, 0.5) is 5.69 Å². The highest BCUT2D eigenvalue weighted by Crippen LogP contribution is 2.36. The van der Waals surface area contributed by atoms with Gasteiger partial charge in [-0.1, -0.05) is 23.9 Å². The van der Waals surface area contributed by atoms with Crippen LogP contribution in [-0.4, -0.2) is 49.2 Å². The lowest BCUT2D eigenvalue weighted by atomic mass is 10.1. The van der Waals surface area contributed by atoms with Gasteiger partial charge in [0.2, 0.25) is 17.0 Å². The number of likely N-dealkylation sites (tertiary alicyclic amines) is 1. The van der Waals surface area contributed by atoms with Crippen molar-refractivity contribution in [2.75, 3.05) is 17.6 Å². The number of hydrogen-bond acceptors (Lipinski definition) is 6. The molecular formula is C18H22N6O2S. The van der Waals surface area contributed by atoms with Crippen LogP contribution in [0.25, 0.3) is 0 Å². The number of aromatic nitrogens is 4. The maximum absolute atomic E-state index is 12.3. The van der Waals surface area contributed by atoms with Crippen LogP contribution in [0, 0.1) is 0 Å². The van der Waals surface area contributed by atoms with Gasteiger partial charge in [0.15, 0.2) is 0 Å². The molecule has 0 spiro atoms. The zero-order chi connectivity index (χ0) is 18.6. The number of carbonyl (C=O) groups excluding carboxylic acids is 2. The maximum Gasteiger partial charge on any atom is 0.234 e. The third-order valence-electron chi connectivity index (χ3n) is 4.69. The number of rotatable bonds is 7. The van der Waals surface area contributed by atoms with Crippen LogP contribution in [0.15, 0.2) is 29.4 Å². The Morgan fingerprint density at radius 3 is 3.00 bits per heavy atom. The van der Waals surface area contributed by atoms with Gasteiger partial charge in [-0.05, 0) is 53.8 Å². The topological polar surface area (TPSA) is 93.0 Å². The van der Waals surface area contributed by atoms with E-state index in [0.717, 1.165) is 43.5 Å². The summed E-state index contributed by atoms with van der Waals surface area (Å²) >= 11 is 1.34. The van der Waals surface area contributed by atoms with Gasteiger partial charge in [0.25, 0.3) is 0 Å². The third kappa shape index (κ3) is 4.65. The Morgan fingerprint density at radius 1 is 1.30 bits per heavy atom. The van der Waals surface area contributed by atoms with Crippen LogP contribution in [-0.2, 0) is 16.1 Å². The molecule has 0 atom stereocenters. The quantitative estimate of drug-likeness (QED) is 0.734. The van der Waals surface area contributed by atoms with E-state index in [9.17, 15) is 9.59 Å². The predicted molar refractivity (Wildman–Crippen MR) is 101 cm³/mol. The highest BCUT2D eigenvalue weighted by molar-refractivity contribution is 7.99. The smallest absolute Gasteiger partial charge is 0.234 e. The second-order valence-corrected chi connectivity index (χ2v) is 7.89. The first-order valence-electron chi connectivity index (χ1n) is 9.26. The summed E-state index contributed by atoms with van der Waals surface area (Å²) in [4.78, 5) is 26.1. The summed E-state index contributed by atoms with van der Waals surface area (Å²) in [6.07, 6.45) is 4.86. The Labute approximate surface area is 161 Å². The van der Waals surface area contributed by atoms with Gasteiger partial charge in [-0.3, -0.25) is 9.59 Å². The number of benzene rings is 1. The Balaban J connectivity index is 1.31. The van der Waals surface area contributed by atoms with Crippen LogP contribution in [0.5, 0.6) is 0 Å². The van der Waals surface area contributed by atoms with Crippen molar-refractivity contribution >= 4 is 29.3 Å². The second-order valence-electron chi connectivity index (χ2n) is 6.95. The average molecular weight is 386 g/mol. The summed E-state index contributed by atoms with van der Waals surface area (Å²) < 4.78 is 1.80. The molecule has 8 nitrogen and oxygen atoms in total. The van der Waals surface area contributed by atoms with Crippen molar-refractivity contribution in [2.24, 2.45) is 0 Å². The van der Waals surface area contributed by atoms with E-state index < -0.39 is 0 Å². The molecule has 2 aromatic rings. The highest BCUT2D eigenvalue weighted by Gasteiger charge is 2.28. The van der Waals surface area contributed by atoms with E-state index >= 15 is 0 Å². The van der Waals surface area contributed by atoms with Crippen molar-refractivity contribution in [3.05, 3.63) is 29.8 Å². The van der Waals surface area contributed by atoms with E-state index in [2.05, 4.69) is 20.8 Å². The molecular weight excluding hydrogens is 364 g/mol. The Kier molecular flexibility index (Phi) is 5.38. The molecule has 1 saturated heterocycles. The Bertz CT molecular complexity index is 835. The molecule has 2 heterocycles. The SMILES string of the molecule is O=C(CSc1nnnn1C1CC1)Nc1cccc(CN2CCCCC2=O)c1. The standard InChI is InChI=1S/C18H22N6O2S/c25-16(12-27-18-20-21-22-24(18)15-7-8-15)19-14-5-3-4-13(10-14)11-23-9-2-1-6-17(23)26/h3-5,10,15H,1-2,6-9,11-12H2,(H,19,25). The molecule has 1 aromatic heterocycles. The van der Waals surface area contributed by atoms with Gasteiger partial charge < -0.3 is 10.2 Å². The lowest BCUT2D eigenvalue weighted by Gasteiger charge is -2.26. The number of carbonyl (C=O) groups is 2. The summed E-state index contributed by atoms with van der Waals surface area (Å²) in [5.74, 6) is 0.360. The zero-order valence-electron chi connectivity index (χ0n) is 15.0. The molecule has 142 valence electrons. The van der Waals surface area contributed by atoms with Gasteiger partial charge in [0.1, 0.15) is 0 Å². The first-order valence-corrected chi connectivity index (χ1v) is 10.2. The summed E-state index contributed by atoms with van der Waals surface area (Å²) in [6.45, 7) is 1.40. The van der Waals surface area contributed by atoms with E-state index in [0.29, 0.717) is 24.2 Å². The van der Waals surface area contributed by atoms with Gasteiger partial charge >= 0.3 is 0 Å². The Morgan fingerprint density at radius 2 is 2.19 bits per heavy atom. The number of amides is 2. The lowest BCUT2D eigenvalue weighted by molar-refractivity contribution is -0.133. The Hall–Kier alpha value is -2.42. The molecule has 1 N–H and O–H groups in total. The first kappa shape index (κ1) is 18.0. The number of thioether (sulfide) groups is 1. The summed E-state index contributed by atoms with van der Waals surface area (Å²) in [5, 5.41) is 15.3. The highest BCUT2D eigenvalue weighted by atomic mass is 32.2. The number of tetrazole rings is 1. The van der Waals surface area contributed by atoms with Crippen LogP contribution in [0.1, 0.15) is 43.7 Å². The molecule has 0 radical (unpaired) electrons. The largest absolute Gasteiger partial charge is 0.338 e. The molecule has 9 heteroatoms. The lowest BCUT2D eigenvalue weighted by Crippen LogP contribution is -2.34. The normalized spacial score (nSPS) is 17.2. The van der Waals surface area contributed by atoms with Gasteiger partial charge in [-0.25, -0.2) is 4.68 Å². The van der Waals surface area contributed by atoms with Crippen molar-refractivity contribution in [1.29, 1.82) is 0 Å². The maximum atomic E-state index is 12.3. The molecule has 0 bridgehead atoms. The molecule has 27 heavy (non-hydrogen) atoms. The molecule has 2 fully saturated rings. The zero-order valence-corrected chi connectivity index (χ0v) is 15.8. The van der Waals surface area contributed by atoms with E-state index in [1.807, 2.05) is 29.2 Å². The average Bonchev–Trinajstić information content (AvgIpc) is 3.40. The minimum Gasteiger partial charge on any atom is -0.338 e. The summed E-state index contributed by atoms with van der Waals surface area (Å²) in [5.41, 5.74) is 1.76. The van der Waals surface area contributed by atoms with Gasteiger partial charge in [0.05, 0.1) is 11.8 Å². The molecule has 4 rings (SSSR count). The first-order chi connectivity index (χ1) is 13.2. The molecule has 1 aromatic carbocycles. The van der Waals surface area contributed by atoms with E-state index in [1.54, 1.807) is 4.68 Å². The van der Waals surface area contributed by atoms with Crippen LogP contribution in [0.3, 0.4) is 0 Å². The number of anilines is 1. The van der Waals surface area contributed by atoms with Gasteiger partial charge in [-0.2, -0.15) is 0 Å². The van der Waals surface area contributed by atoms with E-state index in [-0.39, 0.29) is 17.6 Å². The van der Waals surface area contributed by atoms with Crippen LogP contribution >= 0.6 is 11.8 Å². The molecule has 1 aliphatic carbocycles. The molecule has 0 unspecified atom stereocenters. The third-order valence-corrected chi connectivity index (χ3v) is 5.63. The van der Waals surface area contributed by atoms with Crippen LogP contribution in [0.2, 0.25) is 0 Å². The molecule has 2 aliphatic rings. The van der Waals surface area contributed by atoms with Crippen molar-refractivity contribution in [2.45, 2.75) is 49.8 Å². The van der Waals surface area contributed by atoms with Crippen LogP contribution < -0.4 is 5.32 Å². The molecule has 2 amide bonds. The van der Waals surface area contributed by atoms with Gasteiger partial charge in [0, 0.05) is 25.2 Å². The van der Waals surface area contributed by atoms with E-state index in [1.165, 1.54) is 11.8 Å². The second kappa shape index (κ2) is 8.08. The monoisotopic (exact) mass is 386 g/mol. The van der Waals surface area contributed by atoms with Crippen molar-refractivity contribution in [3.8, 4) is 0 Å². The van der Waals surface area contributed by atoms with Crippen molar-refractivity contribution in [1.82, 2.24) is 25.1 Å². The minimum atomic E-state index is -0.100. The number of nitrogens with zero attached hydrogens (tertiary/aromatic N) is 5. The summed E-state index contributed by atoms with van der Waals surface area (Å²) in [6, 6.07) is 8.06. The fourth-order valence-electron chi connectivity index (χ4n) is 3.15. The number of nitrogens with one attached hydrogen (secondary N) is 1. The minimum absolute atomic E-state index is 0.100. The van der Waals surface area contributed by atoms with Gasteiger partial charge in [-0.15, -0.1) is 5.10 Å². The van der Waals surface area contributed by atoms with E-state index in [4.69, 9.17) is 0 Å². The number of piperidine rings is 1. The summed E-state index contributed by atoms with van der Waals surface area (Å²) in [7, 11) is 0. The van der Waals surface area contributed by atoms with Crippen molar-refractivity contribution in [3.63, 3.8) is 0 Å². The fraction of sp³-hybridized carbons (Fsp3) is 0.500.